The first-order valence-corrected chi connectivity index (χ1v) is 6.73. The normalized spacial score (nSPS) is 20.7. The zero-order valence-electron chi connectivity index (χ0n) is 10.8. The van der Waals surface area contributed by atoms with Crippen LogP contribution < -0.4 is 5.32 Å². The smallest absolute Gasteiger partial charge is 0.239 e. The minimum absolute atomic E-state index is 0.00593. The van der Waals surface area contributed by atoms with Gasteiger partial charge in [0.2, 0.25) is 5.91 Å². The molecular weight excluding hydrogens is 248 g/mol. The number of carbonyl (C=O) groups is 1. The minimum Gasteiger partial charge on any atom is -0.338 e. The molecule has 0 aliphatic carbocycles. The molecule has 0 bridgehead atoms. The molecule has 1 saturated heterocycles. The number of rotatable bonds is 3. The van der Waals surface area contributed by atoms with E-state index in [9.17, 15) is 4.79 Å². The molecule has 98 valence electrons. The molecule has 2 rings (SSSR count). The molecule has 1 aromatic rings. The summed E-state index contributed by atoms with van der Waals surface area (Å²) in [5, 5.41) is 3.95. The number of nitrogens with zero attached hydrogens (tertiary/aromatic N) is 1. The maximum atomic E-state index is 12.3. The predicted molar refractivity (Wildman–Crippen MR) is 73.7 cm³/mol. The van der Waals surface area contributed by atoms with Gasteiger partial charge in [-0.3, -0.25) is 4.79 Å². The van der Waals surface area contributed by atoms with Gasteiger partial charge in [-0.1, -0.05) is 29.8 Å². The molecule has 18 heavy (non-hydrogen) atoms. The van der Waals surface area contributed by atoms with Gasteiger partial charge in [-0.2, -0.15) is 0 Å². The second-order valence-electron chi connectivity index (χ2n) is 4.80. The van der Waals surface area contributed by atoms with Crippen molar-refractivity contribution in [1.29, 1.82) is 0 Å². The van der Waals surface area contributed by atoms with Crippen molar-refractivity contribution < 1.29 is 4.79 Å². The van der Waals surface area contributed by atoms with Gasteiger partial charge >= 0.3 is 0 Å². The number of halogens is 1. The van der Waals surface area contributed by atoms with Crippen molar-refractivity contribution in [1.82, 2.24) is 10.2 Å². The van der Waals surface area contributed by atoms with Gasteiger partial charge in [0.15, 0.2) is 0 Å². The van der Waals surface area contributed by atoms with E-state index in [0.29, 0.717) is 5.02 Å². The van der Waals surface area contributed by atoms with E-state index in [1.165, 1.54) is 0 Å². The van der Waals surface area contributed by atoms with E-state index in [0.717, 1.165) is 24.9 Å². The SMILES string of the molecule is CC(c1ccccc1Cl)N(C)C(=O)C1CCCN1. The van der Waals surface area contributed by atoms with E-state index in [2.05, 4.69) is 5.32 Å². The van der Waals surface area contributed by atoms with Crippen LogP contribution in [-0.4, -0.2) is 30.4 Å². The molecule has 1 heterocycles. The molecule has 3 nitrogen and oxygen atoms in total. The van der Waals surface area contributed by atoms with Crippen LogP contribution in [0.1, 0.15) is 31.4 Å². The molecule has 4 heteroatoms. The molecule has 2 atom stereocenters. The van der Waals surface area contributed by atoms with E-state index in [1.807, 2.05) is 38.2 Å². The van der Waals surface area contributed by atoms with Crippen LogP contribution in [-0.2, 0) is 4.79 Å². The van der Waals surface area contributed by atoms with E-state index in [1.54, 1.807) is 4.90 Å². The maximum Gasteiger partial charge on any atom is 0.239 e. The average Bonchev–Trinajstić information content (AvgIpc) is 2.90. The Labute approximate surface area is 113 Å². The highest BCUT2D eigenvalue weighted by Crippen LogP contribution is 2.27. The van der Waals surface area contributed by atoms with Crippen molar-refractivity contribution in [2.75, 3.05) is 13.6 Å². The summed E-state index contributed by atoms with van der Waals surface area (Å²) >= 11 is 6.17. The van der Waals surface area contributed by atoms with Crippen molar-refractivity contribution in [3.63, 3.8) is 0 Å². The van der Waals surface area contributed by atoms with Gasteiger partial charge in [-0.05, 0) is 37.9 Å². The standard InChI is InChI=1S/C14H19ClN2O/c1-10(11-6-3-4-7-12(11)15)17(2)14(18)13-8-5-9-16-13/h3-4,6-7,10,13,16H,5,8-9H2,1-2H3. The molecule has 0 spiro atoms. The van der Waals surface area contributed by atoms with Crippen molar-refractivity contribution in [2.24, 2.45) is 0 Å². The Balaban J connectivity index is 2.10. The first kappa shape index (κ1) is 13.4. The fourth-order valence-electron chi connectivity index (χ4n) is 2.35. The maximum absolute atomic E-state index is 12.3. The van der Waals surface area contributed by atoms with Crippen molar-refractivity contribution in [2.45, 2.75) is 31.8 Å². The summed E-state index contributed by atoms with van der Waals surface area (Å²) < 4.78 is 0. The lowest BCUT2D eigenvalue weighted by molar-refractivity contribution is -0.133. The number of hydrogen-bond acceptors (Lipinski definition) is 2. The van der Waals surface area contributed by atoms with Crippen molar-refractivity contribution >= 4 is 17.5 Å². The van der Waals surface area contributed by atoms with Crippen LogP contribution in [0.5, 0.6) is 0 Å². The van der Waals surface area contributed by atoms with Crippen LogP contribution in [0.25, 0.3) is 0 Å². The van der Waals surface area contributed by atoms with Gasteiger partial charge in [-0.25, -0.2) is 0 Å². The molecule has 1 aromatic carbocycles. The van der Waals surface area contributed by atoms with Crippen LogP contribution >= 0.6 is 11.6 Å². The summed E-state index contributed by atoms with van der Waals surface area (Å²) in [7, 11) is 1.84. The third-order valence-corrected chi connectivity index (χ3v) is 3.99. The average molecular weight is 267 g/mol. The molecular formula is C14H19ClN2O. The Morgan fingerprint density at radius 3 is 2.83 bits per heavy atom. The summed E-state index contributed by atoms with van der Waals surface area (Å²) in [6.07, 6.45) is 2.00. The van der Waals surface area contributed by atoms with Gasteiger partial charge in [0.1, 0.15) is 0 Å². The van der Waals surface area contributed by atoms with Gasteiger partial charge in [0, 0.05) is 12.1 Å². The Hall–Kier alpha value is -1.06. The van der Waals surface area contributed by atoms with Gasteiger partial charge < -0.3 is 10.2 Å². The van der Waals surface area contributed by atoms with Crippen molar-refractivity contribution in [3.05, 3.63) is 34.9 Å². The lowest BCUT2D eigenvalue weighted by Crippen LogP contribution is -2.42. The molecule has 0 radical (unpaired) electrons. The highest BCUT2D eigenvalue weighted by atomic mass is 35.5. The number of hydrogen-bond donors (Lipinski definition) is 1. The monoisotopic (exact) mass is 266 g/mol. The molecule has 0 aromatic heterocycles. The van der Waals surface area contributed by atoms with E-state index in [4.69, 9.17) is 11.6 Å². The molecule has 1 N–H and O–H groups in total. The summed E-state index contributed by atoms with van der Waals surface area (Å²) in [4.78, 5) is 14.1. The lowest BCUT2D eigenvalue weighted by atomic mass is 10.1. The van der Waals surface area contributed by atoms with Crippen LogP contribution in [0.2, 0.25) is 5.02 Å². The summed E-state index contributed by atoms with van der Waals surface area (Å²) in [5.41, 5.74) is 0.994. The van der Waals surface area contributed by atoms with Gasteiger partial charge in [0.25, 0.3) is 0 Å². The van der Waals surface area contributed by atoms with Crippen LogP contribution in [0, 0.1) is 0 Å². The second-order valence-corrected chi connectivity index (χ2v) is 5.20. The summed E-state index contributed by atoms with van der Waals surface area (Å²) in [6.45, 7) is 2.94. The molecule has 0 saturated carbocycles. The van der Waals surface area contributed by atoms with Gasteiger partial charge in [-0.15, -0.1) is 0 Å². The highest BCUT2D eigenvalue weighted by molar-refractivity contribution is 6.31. The molecule has 1 amide bonds. The van der Waals surface area contributed by atoms with Crippen LogP contribution in [0.15, 0.2) is 24.3 Å². The first-order valence-electron chi connectivity index (χ1n) is 6.35. The molecule has 1 aliphatic heterocycles. The Kier molecular flexibility index (Phi) is 4.25. The number of carbonyl (C=O) groups excluding carboxylic acids is 1. The topological polar surface area (TPSA) is 32.3 Å². The number of amides is 1. The summed E-state index contributed by atoms with van der Waals surface area (Å²) in [5.74, 6) is 0.153. The Bertz CT molecular complexity index is 430. The second kappa shape index (κ2) is 5.72. The van der Waals surface area contributed by atoms with Crippen LogP contribution in [0.4, 0.5) is 0 Å². The number of benzene rings is 1. The molecule has 1 aliphatic rings. The largest absolute Gasteiger partial charge is 0.338 e. The minimum atomic E-state index is -0.0278. The third kappa shape index (κ3) is 2.68. The van der Waals surface area contributed by atoms with Crippen molar-refractivity contribution in [3.8, 4) is 0 Å². The Morgan fingerprint density at radius 1 is 1.50 bits per heavy atom. The number of likely N-dealkylation sites (N-methyl/N-ethyl adjacent to an activating group) is 1. The lowest BCUT2D eigenvalue weighted by Gasteiger charge is -2.28. The molecule has 2 unspecified atom stereocenters. The first-order chi connectivity index (χ1) is 8.61. The highest BCUT2D eigenvalue weighted by Gasteiger charge is 2.28. The van der Waals surface area contributed by atoms with E-state index >= 15 is 0 Å². The molecule has 1 fully saturated rings. The number of nitrogens with one attached hydrogen (secondary N) is 1. The zero-order chi connectivity index (χ0) is 13.1. The van der Waals surface area contributed by atoms with Crippen LogP contribution in [0.3, 0.4) is 0 Å². The van der Waals surface area contributed by atoms with E-state index < -0.39 is 0 Å². The Morgan fingerprint density at radius 2 is 2.22 bits per heavy atom. The van der Waals surface area contributed by atoms with Gasteiger partial charge in [0.05, 0.1) is 12.1 Å². The third-order valence-electron chi connectivity index (χ3n) is 3.64. The fourth-order valence-corrected chi connectivity index (χ4v) is 2.65. The zero-order valence-corrected chi connectivity index (χ0v) is 11.6. The predicted octanol–water partition coefficient (Wildman–Crippen LogP) is 2.61. The van der Waals surface area contributed by atoms with E-state index in [-0.39, 0.29) is 18.0 Å². The quantitative estimate of drug-likeness (QED) is 0.912. The fraction of sp³-hybridized carbons (Fsp3) is 0.500. The summed E-state index contributed by atoms with van der Waals surface area (Å²) in [6, 6.07) is 7.65.